The fourth-order valence-electron chi connectivity index (χ4n) is 2.59. The Morgan fingerprint density at radius 2 is 2.24 bits per heavy atom. The maximum Gasteiger partial charge on any atom is 0.131 e. The first-order chi connectivity index (χ1) is 8.04. The van der Waals surface area contributed by atoms with E-state index in [0.29, 0.717) is 6.04 Å². The molecule has 0 radical (unpaired) electrons. The Bertz CT molecular complexity index is 405. The van der Waals surface area contributed by atoms with E-state index in [0.717, 1.165) is 35.2 Å². The Kier molecular flexibility index (Phi) is 4.16. The number of rotatable bonds is 3. The van der Waals surface area contributed by atoms with Crippen molar-refractivity contribution < 1.29 is 0 Å². The topological polar surface area (TPSA) is 21.1 Å². The molecule has 1 aliphatic rings. The van der Waals surface area contributed by atoms with Crippen molar-refractivity contribution in [3.8, 4) is 0 Å². The van der Waals surface area contributed by atoms with Gasteiger partial charge in [0.15, 0.2) is 0 Å². The molecule has 1 aromatic heterocycles. The van der Waals surface area contributed by atoms with Crippen molar-refractivity contribution in [2.45, 2.75) is 32.9 Å². The number of hydrogen-bond acceptors (Lipinski definition) is 2. The highest BCUT2D eigenvalue weighted by atomic mass is 79.9. The van der Waals surface area contributed by atoms with Crippen molar-refractivity contribution in [3.05, 3.63) is 16.4 Å². The number of alkyl halides is 1. The first-order valence-corrected chi connectivity index (χ1v) is 7.52. The molecule has 2 atom stereocenters. The first kappa shape index (κ1) is 13.4. The molecular formula is C12H19BrClN3. The summed E-state index contributed by atoms with van der Waals surface area (Å²) in [6.07, 6.45) is 1.27. The standard InChI is InChI=1S/C12H19BrClN3/c1-8-4-5-17(11(8)6-13)7-10-9(2)15-16(3)12(10)14/h8,11H,4-7H2,1-3H3. The highest BCUT2D eigenvalue weighted by Gasteiger charge is 2.31. The molecule has 0 saturated carbocycles. The van der Waals surface area contributed by atoms with Crippen LogP contribution < -0.4 is 0 Å². The van der Waals surface area contributed by atoms with E-state index in [2.05, 4.69) is 32.9 Å². The summed E-state index contributed by atoms with van der Waals surface area (Å²) in [7, 11) is 1.90. The fourth-order valence-corrected chi connectivity index (χ4v) is 3.87. The van der Waals surface area contributed by atoms with Gasteiger partial charge in [-0.1, -0.05) is 34.5 Å². The molecule has 0 aliphatic carbocycles. The minimum Gasteiger partial charge on any atom is -0.295 e. The molecule has 1 aromatic rings. The second kappa shape index (κ2) is 5.29. The largest absolute Gasteiger partial charge is 0.295 e. The molecule has 0 aromatic carbocycles. The Morgan fingerprint density at radius 3 is 2.76 bits per heavy atom. The first-order valence-electron chi connectivity index (χ1n) is 6.02. The van der Waals surface area contributed by atoms with Gasteiger partial charge in [-0.25, -0.2) is 0 Å². The van der Waals surface area contributed by atoms with Crippen LogP contribution in [0.5, 0.6) is 0 Å². The molecule has 1 saturated heterocycles. The van der Waals surface area contributed by atoms with Crippen LogP contribution in [0.2, 0.25) is 5.15 Å². The van der Waals surface area contributed by atoms with Crippen LogP contribution in [-0.2, 0) is 13.6 Å². The van der Waals surface area contributed by atoms with Crippen molar-refractivity contribution in [3.63, 3.8) is 0 Å². The van der Waals surface area contributed by atoms with Crippen molar-refractivity contribution in [2.24, 2.45) is 13.0 Å². The third-order valence-corrected chi connectivity index (χ3v) is 4.92. The Morgan fingerprint density at radius 1 is 1.53 bits per heavy atom. The average molecular weight is 321 g/mol. The van der Waals surface area contributed by atoms with E-state index < -0.39 is 0 Å². The quantitative estimate of drug-likeness (QED) is 0.798. The third-order valence-electron chi connectivity index (χ3n) is 3.79. The van der Waals surface area contributed by atoms with Gasteiger partial charge in [-0.15, -0.1) is 0 Å². The monoisotopic (exact) mass is 319 g/mol. The van der Waals surface area contributed by atoms with Crippen molar-refractivity contribution >= 4 is 27.5 Å². The average Bonchev–Trinajstić information content (AvgIpc) is 2.75. The highest BCUT2D eigenvalue weighted by Crippen LogP contribution is 2.29. The zero-order chi connectivity index (χ0) is 12.6. The molecule has 3 nitrogen and oxygen atoms in total. The number of aromatic nitrogens is 2. The zero-order valence-corrected chi connectivity index (χ0v) is 12.9. The summed E-state index contributed by atoms with van der Waals surface area (Å²) in [4.78, 5) is 2.51. The molecule has 96 valence electrons. The lowest BCUT2D eigenvalue weighted by Gasteiger charge is -2.24. The van der Waals surface area contributed by atoms with Crippen LogP contribution in [0.4, 0.5) is 0 Å². The van der Waals surface area contributed by atoms with Gasteiger partial charge in [0.05, 0.1) is 5.69 Å². The molecule has 0 bridgehead atoms. The minimum absolute atomic E-state index is 0.616. The van der Waals surface area contributed by atoms with E-state index in [1.807, 2.05) is 14.0 Å². The van der Waals surface area contributed by atoms with Gasteiger partial charge in [0, 0.05) is 30.5 Å². The summed E-state index contributed by atoms with van der Waals surface area (Å²) >= 11 is 9.90. The highest BCUT2D eigenvalue weighted by molar-refractivity contribution is 9.09. The SMILES string of the molecule is Cc1nn(C)c(Cl)c1CN1CCC(C)C1CBr. The van der Waals surface area contributed by atoms with E-state index in [1.165, 1.54) is 12.0 Å². The molecule has 0 N–H and O–H groups in total. The number of hydrogen-bond donors (Lipinski definition) is 0. The third kappa shape index (κ3) is 2.54. The minimum atomic E-state index is 0.616. The summed E-state index contributed by atoms with van der Waals surface area (Å²) < 4.78 is 1.76. The van der Waals surface area contributed by atoms with Gasteiger partial charge in [0.2, 0.25) is 0 Å². The normalized spacial score (nSPS) is 25.7. The molecule has 1 aliphatic heterocycles. The maximum atomic E-state index is 6.28. The lowest BCUT2D eigenvalue weighted by molar-refractivity contribution is 0.244. The molecule has 0 amide bonds. The van der Waals surface area contributed by atoms with Gasteiger partial charge >= 0.3 is 0 Å². The number of aryl methyl sites for hydroxylation is 2. The molecule has 2 heterocycles. The van der Waals surface area contributed by atoms with Gasteiger partial charge < -0.3 is 0 Å². The molecule has 2 rings (SSSR count). The van der Waals surface area contributed by atoms with Crippen molar-refractivity contribution in [2.75, 3.05) is 11.9 Å². The fraction of sp³-hybridized carbons (Fsp3) is 0.750. The van der Waals surface area contributed by atoms with Crippen LogP contribution in [0.15, 0.2) is 0 Å². The van der Waals surface area contributed by atoms with E-state index in [4.69, 9.17) is 11.6 Å². The van der Waals surface area contributed by atoms with Crippen LogP contribution in [0.25, 0.3) is 0 Å². The van der Waals surface area contributed by atoms with Crippen LogP contribution in [0.1, 0.15) is 24.6 Å². The molecule has 17 heavy (non-hydrogen) atoms. The van der Waals surface area contributed by atoms with Crippen LogP contribution in [-0.4, -0.2) is 32.6 Å². The van der Waals surface area contributed by atoms with E-state index in [9.17, 15) is 0 Å². The zero-order valence-electron chi connectivity index (χ0n) is 10.6. The Balaban J connectivity index is 2.15. The van der Waals surface area contributed by atoms with Crippen molar-refractivity contribution in [1.29, 1.82) is 0 Å². The van der Waals surface area contributed by atoms with Gasteiger partial charge in [0.25, 0.3) is 0 Å². The van der Waals surface area contributed by atoms with Gasteiger partial charge in [-0.2, -0.15) is 5.10 Å². The van der Waals surface area contributed by atoms with Crippen LogP contribution >= 0.6 is 27.5 Å². The smallest absolute Gasteiger partial charge is 0.131 e. The summed E-state index contributed by atoms with van der Waals surface area (Å²) in [5.74, 6) is 0.755. The lowest BCUT2D eigenvalue weighted by atomic mass is 10.1. The summed E-state index contributed by atoms with van der Waals surface area (Å²) in [6, 6.07) is 0.616. The number of halogens is 2. The van der Waals surface area contributed by atoms with Crippen LogP contribution in [0.3, 0.4) is 0 Å². The number of nitrogens with zero attached hydrogens (tertiary/aromatic N) is 3. The molecule has 0 spiro atoms. The van der Waals surface area contributed by atoms with Crippen molar-refractivity contribution in [1.82, 2.24) is 14.7 Å². The van der Waals surface area contributed by atoms with E-state index in [1.54, 1.807) is 4.68 Å². The lowest BCUT2D eigenvalue weighted by Crippen LogP contribution is -2.33. The summed E-state index contributed by atoms with van der Waals surface area (Å²) in [6.45, 7) is 6.43. The summed E-state index contributed by atoms with van der Waals surface area (Å²) in [5.41, 5.74) is 2.22. The van der Waals surface area contributed by atoms with Gasteiger partial charge in [-0.3, -0.25) is 9.58 Å². The predicted molar refractivity (Wildman–Crippen MR) is 74.7 cm³/mol. The van der Waals surface area contributed by atoms with E-state index >= 15 is 0 Å². The second-order valence-electron chi connectivity index (χ2n) is 4.94. The molecule has 2 unspecified atom stereocenters. The summed E-state index contributed by atoms with van der Waals surface area (Å²) in [5, 5.41) is 6.18. The Hall–Kier alpha value is -0.0600. The van der Waals surface area contributed by atoms with Gasteiger partial charge in [-0.05, 0) is 25.8 Å². The predicted octanol–water partition coefficient (Wildman–Crippen LogP) is 2.99. The maximum absolute atomic E-state index is 6.28. The molecule has 5 heteroatoms. The molecule has 1 fully saturated rings. The molecular weight excluding hydrogens is 302 g/mol. The Labute approximate surface area is 116 Å². The second-order valence-corrected chi connectivity index (χ2v) is 5.94. The van der Waals surface area contributed by atoms with Crippen LogP contribution in [0, 0.1) is 12.8 Å². The van der Waals surface area contributed by atoms with Gasteiger partial charge in [0.1, 0.15) is 5.15 Å². The number of likely N-dealkylation sites (tertiary alicyclic amines) is 1. The van der Waals surface area contributed by atoms with E-state index in [-0.39, 0.29) is 0 Å².